The molecule has 0 aromatic heterocycles. The molecule has 0 amide bonds. The third-order valence-corrected chi connectivity index (χ3v) is 3.19. The summed E-state index contributed by atoms with van der Waals surface area (Å²) in [7, 11) is 1.98. The monoisotopic (exact) mass is 234 g/mol. The Morgan fingerprint density at radius 2 is 1.76 bits per heavy atom. The first-order valence-corrected chi connectivity index (χ1v) is 6.51. The van der Waals surface area contributed by atoms with Crippen LogP contribution in [0.1, 0.15) is 45.6 Å². The van der Waals surface area contributed by atoms with Crippen LogP contribution in [0.4, 0.5) is 5.69 Å². The number of hydrogen-bond donors (Lipinski definition) is 2. The minimum absolute atomic E-state index is 0.0760. The van der Waals surface area contributed by atoms with Gasteiger partial charge in [0, 0.05) is 17.8 Å². The summed E-state index contributed by atoms with van der Waals surface area (Å²) in [5.41, 5.74) is 2.69. The topological polar surface area (TPSA) is 24.1 Å². The highest BCUT2D eigenvalue weighted by Gasteiger charge is 2.15. The van der Waals surface area contributed by atoms with Crippen molar-refractivity contribution >= 4 is 5.69 Å². The van der Waals surface area contributed by atoms with Gasteiger partial charge in [-0.1, -0.05) is 26.0 Å². The molecular formula is C15H26N2. The molecule has 0 saturated heterocycles. The lowest BCUT2D eigenvalue weighted by molar-refractivity contribution is 0.530. The summed E-state index contributed by atoms with van der Waals surface area (Å²) < 4.78 is 0. The van der Waals surface area contributed by atoms with Gasteiger partial charge in [-0.15, -0.1) is 0 Å². The molecule has 2 N–H and O–H groups in total. The van der Waals surface area contributed by atoms with Crippen LogP contribution in [0.3, 0.4) is 0 Å². The third kappa shape index (κ3) is 4.39. The quantitative estimate of drug-likeness (QED) is 0.785. The first kappa shape index (κ1) is 14.0. The number of likely N-dealkylation sites (N-methyl/N-ethyl adjacent to an activating group) is 1. The second-order valence-electron chi connectivity index (χ2n) is 5.47. The molecule has 1 aromatic carbocycles. The number of hydrogen-bond acceptors (Lipinski definition) is 2. The molecule has 0 aliphatic heterocycles. The highest BCUT2D eigenvalue weighted by molar-refractivity contribution is 5.47. The molecule has 2 heteroatoms. The van der Waals surface area contributed by atoms with Crippen LogP contribution in [0.25, 0.3) is 0 Å². The lowest BCUT2D eigenvalue weighted by atomic mass is 9.98. The zero-order valence-electron chi connectivity index (χ0n) is 11.8. The Labute approximate surface area is 106 Å². The maximum Gasteiger partial charge on any atom is 0.0441 e. The molecule has 0 fully saturated rings. The predicted molar refractivity (Wildman–Crippen MR) is 76.8 cm³/mol. The molecular weight excluding hydrogens is 208 g/mol. The van der Waals surface area contributed by atoms with Crippen LogP contribution in [0, 0.1) is 0 Å². The van der Waals surface area contributed by atoms with Crippen molar-refractivity contribution in [1.29, 1.82) is 0 Å². The standard InChI is InChI=1S/C15H26N2/c1-6-12(2)13-7-9-14(10-8-13)17-15(3,4)11-16-5/h7-10,12,16-17H,6,11H2,1-5H3. The molecule has 1 unspecified atom stereocenters. The van der Waals surface area contributed by atoms with E-state index < -0.39 is 0 Å². The Morgan fingerprint density at radius 1 is 1.18 bits per heavy atom. The summed E-state index contributed by atoms with van der Waals surface area (Å²) in [5.74, 6) is 0.648. The van der Waals surface area contributed by atoms with Gasteiger partial charge in [0.05, 0.1) is 0 Å². The Bertz CT molecular complexity index is 327. The van der Waals surface area contributed by atoms with Gasteiger partial charge in [-0.3, -0.25) is 0 Å². The average molecular weight is 234 g/mol. The summed E-state index contributed by atoms with van der Waals surface area (Å²) >= 11 is 0. The lowest BCUT2D eigenvalue weighted by Crippen LogP contribution is -2.40. The number of anilines is 1. The molecule has 1 rings (SSSR count). The van der Waals surface area contributed by atoms with Crippen molar-refractivity contribution in [2.24, 2.45) is 0 Å². The molecule has 1 atom stereocenters. The fourth-order valence-electron chi connectivity index (χ4n) is 2.01. The highest BCUT2D eigenvalue weighted by Crippen LogP contribution is 2.22. The van der Waals surface area contributed by atoms with Crippen molar-refractivity contribution in [3.63, 3.8) is 0 Å². The number of rotatable bonds is 6. The smallest absolute Gasteiger partial charge is 0.0441 e. The van der Waals surface area contributed by atoms with E-state index in [0.717, 1.165) is 6.54 Å². The maximum absolute atomic E-state index is 3.54. The largest absolute Gasteiger partial charge is 0.379 e. The number of nitrogens with one attached hydrogen (secondary N) is 2. The average Bonchev–Trinajstić information content (AvgIpc) is 2.28. The van der Waals surface area contributed by atoms with Crippen LogP contribution in [0.2, 0.25) is 0 Å². The fourth-order valence-corrected chi connectivity index (χ4v) is 2.01. The lowest BCUT2D eigenvalue weighted by Gasteiger charge is -2.27. The molecule has 0 radical (unpaired) electrons. The molecule has 0 spiro atoms. The van der Waals surface area contributed by atoms with Crippen molar-refractivity contribution in [3.8, 4) is 0 Å². The maximum atomic E-state index is 3.54. The highest BCUT2D eigenvalue weighted by atomic mass is 15.0. The van der Waals surface area contributed by atoms with Gasteiger partial charge in [-0.25, -0.2) is 0 Å². The van der Waals surface area contributed by atoms with E-state index in [4.69, 9.17) is 0 Å². The SMILES string of the molecule is CCC(C)c1ccc(NC(C)(C)CNC)cc1. The minimum Gasteiger partial charge on any atom is -0.379 e. The minimum atomic E-state index is 0.0760. The molecule has 2 nitrogen and oxygen atoms in total. The van der Waals surface area contributed by atoms with Crippen molar-refractivity contribution in [2.45, 2.75) is 45.6 Å². The first-order chi connectivity index (χ1) is 7.98. The summed E-state index contributed by atoms with van der Waals surface area (Å²) in [6.45, 7) is 9.85. The molecule has 1 aromatic rings. The van der Waals surface area contributed by atoms with E-state index in [2.05, 4.69) is 62.6 Å². The molecule has 17 heavy (non-hydrogen) atoms. The van der Waals surface area contributed by atoms with Crippen LogP contribution in [-0.2, 0) is 0 Å². The van der Waals surface area contributed by atoms with Gasteiger partial charge in [0.25, 0.3) is 0 Å². The molecule has 0 aliphatic rings. The van der Waals surface area contributed by atoms with Crippen LogP contribution >= 0.6 is 0 Å². The van der Waals surface area contributed by atoms with E-state index >= 15 is 0 Å². The van der Waals surface area contributed by atoms with Gasteiger partial charge < -0.3 is 10.6 Å². The third-order valence-electron chi connectivity index (χ3n) is 3.19. The van der Waals surface area contributed by atoms with E-state index in [1.165, 1.54) is 17.7 Å². The van der Waals surface area contributed by atoms with Crippen LogP contribution in [0.15, 0.2) is 24.3 Å². The zero-order valence-corrected chi connectivity index (χ0v) is 11.8. The Morgan fingerprint density at radius 3 is 2.24 bits per heavy atom. The second-order valence-corrected chi connectivity index (χ2v) is 5.47. The van der Waals surface area contributed by atoms with Crippen molar-refractivity contribution < 1.29 is 0 Å². The van der Waals surface area contributed by atoms with Gasteiger partial charge in [0.1, 0.15) is 0 Å². The van der Waals surface area contributed by atoms with Gasteiger partial charge in [-0.05, 0) is 50.9 Å². The van der Waals surface area contributed by atoms with Gasteiger partial charge >= 0.3 is 0 Å². The van der Waals surface area contributed by atoms with E-state index in [0.29, 0.717) is 5.92 Å². The van der Waals surface area contributed by atoms with Gasteiger partial charge in [0.15, 0.2) is 0 Å². The van der Waals surface area contributed by atoms with Gasteiger partial charge in [0.2, 0.25) is 0 Å². The second kappa shape index (κ2) is 6.06. The normalized spacial score (nSPS) is 13.5. The van der Waals surface area contributed by atoms with Crippen LogP contribution < -0.4 is 10.6 Å². The summed E-state index contributed by atoms with van der Waals surface area (Å²) in [5, 5.41) is 6.75. The molecule has 0 heterocycles. The predicted octanol–water partition coefficient (Wildman–Crippen LogP) is 3.61. The van der Waals surface area contributed by atoms with E-state index in [-0.39, 0.29) is 5.54 Å². The fraction of sp³-hybridized carbons (Fsp3) is 0.600. The molecule has 0 bridgehead atoms. The Kier molecular flexibility index (Phi) is 5.01. The molecule has 0 saturated carbocycles. The first-order valence-electron chi connectivity index (χ1n) is 6.51. The Balaban J connectivity index is 2.68. The van der Waals surface area contributed by atoms with Crippen molar-refractivity contribution in [1.82, 2.24) is 5.32 Å². The Hall–Kier alpha value is -1.02. The van der Waals surface area contributed by atoms with Crippen molar-refractivity contribution in [3.05, 3.63) is 29.8 Å². The van der Waals surface area contributed by atoms with Crippen molar-refractivity contribution in [2.75, 3.05) is 18.9 Å². The summed E-state index contributed by atoms with van der Waals surface area (Å²) in [6.07, 6.45) is 1.19. The molecule has 0 aliphatic carbocycles. The van der Waals surface area contributed by atoms with Gasteiger partial charge in [-0.2, -0.15) is 0 Å². The van der Waals surface area contributed by atoms with E-state index in [1.807, 2.05) is 7.05 Å². The molecule has 96 valence electrons. The van der Waals surface area contributed by atoms with Crippen LogP contribution in [0.5, 0.6) is 0 Å². The summed E-state index contributed by atoms with van der Waals surface area (Å²) in [4.78, 5) is 0. The van der Waals surface area contributed by atoms with Crippen LogP contribution in [-0.4, -0.2) is 19.1 Å². The zero-order chi connectivity index (χ0) is 12.9. The number of benzene rings is 1. The van der Waals surface area contributed by atoms with E-state index in [9.17, 15) is 0 Å². The summed E-state index contributed by atoms with van der Waals surface area (Å²) in [6, 6.07) is 8.82. The van der Waals surface area contributed by atoms with E-state index in [1.54, 1.807) is 0 Å².